The van der Waals surface area contributed by atoms with Crippen molar-refractivity contribution >= 4 is 5.91 Å². The number of piperidine rings is 1. The summed E-state index contributed by atoms with van der Waals surface area (Å²) < 4.78 is 21.7. The number of carbonyl (C=O) groups is 1. The Morgan fingerprint density at radius 3 is 2.22 bits per heavy atom. The molecule has 2 aromatic rings. The van der Waals surface area contributed by atoms with Crippen molar-refractivity contribution in [2.75, 3.05) is 41.5 Å². The molecule has 1 saturated heterocycles. The number of rotatable bonds is 8. The molecule has 1 heterocycles. The van der Waals surface area contributed by atoms with Crippen LogP contribution in [0.25, 0.3) is 0 Å². The minimum Gasteiger partial charge on any atom is -0.507 e. The van der Waals surface area contributed by atoms with Gasteiger partial charge in [0.2, 0.25) is 5.91 Å². The highest BCUT2D eigenvalue weighted by molar-refractivity contribution is 5.78. The summed E-state index contributed by atoms with van der Waals surface area (Å²) in [6.45, 7) is 3.73. The maximum Gasteiger partial charge on any atom is 0.223 e. The average Bonchev–Trinajstić information content (AvgIpc) is 2.82. The van der Waals surface area contributed by atoms with Gasteiger partial charge in [0.05, 0.1) is 28.4 Å². The number of hydrogen-bond acceptors (Lipinski definition) is 6. The molecule has 0 bridgehead atoms. The van der Waals surface area contributed by atoms with Crippen LogP contribution < -0.4 is 18.9 Å². The number of ether oxygens (including phenoxy) is 4. The number of methoxy groups -OCH3 is 4. The molecule has 1 N–H and O–H groups in total. The third-order valence-electron chi connectivity index (χ3n) is 6.22. The summed E-state index contributed by atoms with van der Waals surface area (Å²) in [5, 5.41) is 10.9. The van der Waals surface area contributed by atoms with E-state index in [1.165, 1.54) is 14.2 Å². The normalized spacial score (nSPS) is 15.2. The van der Waals surface area contributed by atoms with E-state index in [4.69, 9.17) is 18.9 Å². The lowest BCUT2D eigenvalue weighted by molar-refractivity contribution is -0.132. The zero-order chi connectivity index (χ0) is 23.3. The van der Waals surface area contributed by atoms with Gasteiger partial charge < -0.3 is 29.0 Å². The van der Waals surface area contributed by atoms with Crippen LogP contribution in [-0.4, -0.2) is 57.4 Å². The van der Waals surface area contributed by atoms with Crippen molar-refractivity contribution in [3.8, 4) is 28.7 Å². The number of nitrogens with zero attached hydrogens (tertiary/aromatic N) is 1. The van der Waals surface area contributed by atoms with E-state index in [2.05, 4.69) is 6.92 Å². The Labute approximate surface area is 189 Å². The van der Waals surface area contributed by atoms with Gasteiger partial charge in [-0.1, -0.05) is 13.0 Å². The Morgan fingerprint density at radius 1 is 0.969 bits per heavy atom. The van der Waals surface area contributed by atoms with Crippen LogP contribution >= 0.6 is 0 Å². The quantitative estimate of drug-likeness (QED) is 0.659. The van der Waals surface area contributed by atoms with Crippen molar-refractivity contribution in [2.24, 2.45) is 5.92 Å². The SMILES string of the molecule is COc1cc(O)c(C(CC(=O)N2CCC(C)CC2)c2ccc(OC)c(OC)c2)c(OC)c1. The van der Waals surface area contributed by atoms with E-state index in [-0.39, 0.29) is 18.1 Å². The maximum atomic E-state index is 13.3. The van der Waals surface area contributed by atoms with Gasteiger partial charge in [-0.2, -0.15) is 0 Å². The minimum atomic E-state index is -0.442. The molecule has 2 aromatic carbocycles. The first-order valence-electron chi connectivity index (χ1n) is 10.9. The highest BCUT2D eigenvalue weighted by atomic mass is 16.5. The second-order valence-electron chi connectivity index (χ2n) is 8.20. The smallest absolute Gasteiger partial charge is 0.223 e. The molecule has 0 aliphatic carbocycles. The average molecular weight is 444 g/mol. The van der Waals surface area contributed by atoms with Gasteiger partial charge in [-0.05, 0) is 36.5 Å². The van der Waals surface area contributed by atoms with E-state index in [1.807, 2.05) is 17.0 Å². The Bertz CT molecular complexity index is 936. The second kappa shape index (κ2) is 10.5. The number of benzene rings is 2. The molecule has 1 atom stereocenters. The molecule has 0 spiro atoms. The zero-order valence-electron chi connectivity index (χ0n) is 19.5. The molecule has 3 rings (SSSR count). The number of hydrogen-bond donors (Lipinski definition) is 1. The van der Waals surface area contributed by atoms with Crippen LogP contribution in [0.5, 0.6) is 28.7 Å². The van der Waals surface area contributed by atoms with E-state index in [9.17, 15) is 9.90 Å². The predicted molar refractivity (Wildman–Crippen MR) is 122 cm³/mol. The van der Waals surface area contributed by atoms with Gasteiger partial charge in [-0.3, -0.25) is 4.79 Å². The molecule has 7 nitrogen and oxygen atoms in total. The van der Waals surface area contributed by atoms with Crippen LogP contribution in [-0.2, 0) is 4.79 Å². The molecule has 0 radical (unpaired) electrons. The van der Waals surface area contributed by atoms with Crippen molar-refractivity contribution in [1.29, 1.82) is 0 Å². The minimum absolute atomic E-state index is 0.0149. The fraction of sp³-hybridized carbons (Fsp3) is 0.480. The lowest BCUT2D eigenvalue weighted by Crippen LogP contribution is -2.38. The predicted octanol–water partition coefficient (Wildman–Crippen LogP) is 4.21. The van der Waals surface area contributed by atoms with E-state index in [0.717, 1.165) is 31.5 Å². The van der Waals surface area contributed by atoms with Gasteiger partial charge in [-0.15, -0.1) is 0 Å². The monoisotopic (exact) mass is 443 g/mol. The van der Waals surface area contributed by atoms with Crippen LogP contribution in [0.2, 0.25) is 0 Å². The standard InChI is InChI=1S/C25H33NO6/c1-16-8-10-26(11-9-16)24(28)15-19(17-6-7-21(30-3)22(12-17)31-4)25-20(27)13-18(29-2)14-23(25)32-5/h6-7,12-14,16,19,27H,8-11,15H2,1-5H3. The molecule has 7 heteroatoms. The number of amides is 1. The van der Waals surface area contributed by atoms with Crippen molar-refractivity contribution in [3.63, 3.8) is 0 Å². The largest absolute Gasteiger partial charge is 0.507 e. The van der Waals surface area contributed by atoms with Gasteiger partial charge in [-0.25, -0.2) is 0 Å². The summed E-state index contributed by atoms with van der Waals surface area (Å²) in [6.07, 6.45) is 2.20. The van der Waals surface area contributed by atoms with Crippen molar-refractivity contribution in [3.05, 3.63) is 41.5 Å². The summed E-state index contributed by atoms with van der Waals surface area (Å²) >= 11 is 0. The summed E-state index contributed by atoms with van der Waals surface area (Å²) in [4.78, 5) is 15.2. The van der Waals surface area contributed by atoms with Crippen LogP contribution in [0, 0.1) is 5.92 Å². The summed E-state index contributed by atoms with van der Waals surface area (Å²) in [5.41, 5.74) is 1.36. The lowest BCUT2D eigenvalue weighted by Gasteiger charge is -2.32. The van der Waals surface area contributed by atoms with Gasteiger partial charge in [0.25, 0.3) is 0 Å². The molecular formula is C25H33NO6. The van der Waals surface area contributed by atoms with E-state index in [0.29, 0.717) is 34.5 Å². The molecule has 1 aliphatic heterocycles. The number of aromatic hydroxyl groups is 1. The van der Waals surface area contributed by atoms with Crippen LogP contribution in [0.15, 0.2) is 30.3 Å². The summed E-state index contributed by atoms with van der Waals surface area (Å²) in [7, 11) is 6.22. The summed E-state index contributed by atoms with van der Waals surface area (Å²) in [5.74, 6) is 2.34. The van der Waals surface area contributed by atoms with Crippen LogP contribution in [0.4, 0.5) is 0 Å². The molecule has 1 fully saturated rings. The Hall–Kier alpha value is -3.09. The maximum absolute atomic E-state index is 13.3. The van der Waals surface area contributed by atoms with Crippen LogP contribution in [0.3, 0.4) is 0 Å². The molecule has 1 unspecified atom stereocenters. The van der Waals surface area contributed by atoms with E-state index in [1.54, 1.807) is 32.4 Å². The molecule has 1 aliphatic rings. The number of phenols is 1. The lowest BCUT2D eigenvalue weighted by atomic mass is 9.86. The fourth-order valence-corrected chi connectivity index (χ4v) is 4.24. The zero-order valence-corrected chi connectivity index (χ0v) is 19.5. The van der Waals surface area contributed by atoms with Gasteiger partial charge >= 0.3 is 0 Å². The topological polar surface area (TPSA) is 77.5 Å². The third-order valence-corrected chi connectivity index (χ3v) is 6.22. The summed E-state index contributed by atoms with van der Waals surface area (Å²) in [6, 6.07) is 8.80. The molecule has 1 amide bonds. The Morgan fingerprint density at radius 2 is 1.62 bits per heavy atom. The first kappa shape index (κ1) is 23.6. The van der Waals surface area contributed by atoms with Gasteiger partial charge in [0.15, 0.2) is 11.5 Å². The fourth-order valence-electron chi connectivity index (χ4n) is 4.24. The first-order chi connectivity index (χ1) is 15.4. The van der Waals surface area contributed by atoms with Crippen LogP contribution in [0.1, 0.15) is 43.2 Å². The Balaban J connectivity index is 2.05. The Kier molecular flexibility index (Phi) is 7.72. The van der Waals surface area contributed by atoms with Crippen molar-refractivity contribution in [1.82, 2.24) is 4.90 Å². The highest BCUT2D eigenvalue weighted by Gasteiger charge is 2.29. The second-order valence-corrected chi connectivity index (χ2v) is 8.20. The van der Waals surface area contributed by atoms with Crippen molar-refractivity contribution < 1.29 is 28.8 Å². The number of phenolic OH excluding ortho intramolecular Hbond substituents is 1. The third kappa shape index (κ3) is 5.03. The molecular weight excluding hydrogens is 410 g/mol. The van der Waals surface area contributed by atoms with E-state index < -0.39 is 5.92 Å². The first-order valence-corrected chi connectivity index (χ1v) is 10.9. The molecule has 0 saturated carbocycles. The van der Waals surface area contributed by atoms with Gasteiger partial charge in [0, 0.05) is 43.1 Å². The molecule has 32 heavy (non-hydrogen) atoms. The number of carbonyl (C=O) groups excluding carboxylic acids is 1. The molecule has 174 valence electrons. The van der Waals surface area contributed by atoms with Gasteiger partial charge in [0.1, 0.15) is 17.2 Å². The number of likely N-dealkylation sites (tertiary alicyclic amines) is 1. The van der Waals surface area contributed by atoms with Crippen molar-refractivity contribution in [2.45, 2.75) is 32.1 Å². The molecule has 0 aromatic heterocycles. The highest BCUT2D eigenvalue weighted by Crippen LogP contribution is 2.44. The van der Waals surface area contributed by atoms with E-state index >= 15 is 0 Å².